The molecule has 0 radical (unpaired) electrons. The first-order chi connectivity index (χ1) is 16.2. The summed E-state index contributed by atoms with van der Waals surface area (Å²) in [5.41, 5.74) is 2.86. The summed E-state index contributed by atoms with van der Waals surface area (Å²) in [6, 6.07) is 15.5. The first-order valence-corrected chi connectivity index (χ1v) is 12.5. The number of anilines is 1. The first-order valence-electron chi connectivity index (χ1n) is 11.3. The highest BCUT2D eigenvalue weighted by molar-refractivity contribution is 7.98. The molecule has 2 heterocycles. The van der Waals surface area contributed by atoms with Crippen LogP contribution in [0.5, 0.6) is 11.6 Å². The summed E-state index contributed by atoms with van der Waals surface area (Å²) in [6.07, 6.45) is 6.47. The lowest BCUT2D eigenvalue weighted by Crippen LogP contribution is -2.37. The summed E-state index contributed by atoms with van der Waals surface area (Å²) in [5.74, 6) is 1.15. The van der Waals surface area contributed by atoms with Gasteiger partial charge in [0.05, 0.1) is 11.8 Å². The fourth-order valence-corrected chi connectivity index (χ4v) is 4.66. The smallest absolute Gasteiger partial charge is 0.247 e. The zero-order valence-corrected chi connectivity index (χ0v) is 19.5. The van der Waals surface area contributed by atoms with Crippen molar-refractivity contribution >= 4 is 23.4 Å². The molecule has 0 spiro atoms. The van der Waals surface area contributed by atoms with Crippen molar-refractivity contribution in [1.82, 2.24) is 15.2 Å². The molecule has 1 atom stereocenters. The second-order valence-corrected chi connectivity index (χ2v) is 8.92. The average Bonchev–Trinajstić information content (AvgIpc) is 3.32. The molecule has 5 rings (SSSR count). The van der Waals surface area contributed by atoms with Crippen molar-refractivity contribution in [2.45, 2.75) is 56.5 Å². The highest BCUT2D eigenvalue weighted by atomic mass is 32.2. The molecule has 1 amide bonds. The van der Waals surface area contributed by atoms with Crippen LogP contribution in [0.1, 0.15) is 50.8 Å². The van der Waals surface area contributed by atoms with Crippen molar-refractivity contribution in [3.8, 4) is 22.9 Å². The predicted octanol–water partition coefficient (Wildman–Crippen LogP) is 5.42. The van der Waals surface area contributed by atoms with E-state index in [1.807, 2.05) is 61.7 Å². The summed E-state index contributed by atoms with van der Waals surface area (Å²) < 4.78 is 12.5. The molecule has 1 aromatic heterocycles. The number of benzene rings is 2. The van der Waals surface area contributed by atoms with Crippen LogP contribution in [0.15, 0.2) is 53.7 Å². The lowest BCUT2D eigenvalue weighted by atomic mass is 10.1. The quantitative estimate of drug-likeness (QED) is 0.469. The summed E-state index contributed by atoms with van der Waals surface area (Å²) in [6.45, 7) is 1.85. The van der Waals surface area contributed by atoms with Gasteiger partial charge >= 0.3 is 0 Å². The Morgan fingerprint density at radius 1 is 1.12 bits per heavy atom. The molecule has 0 N–H and O–H groups in total. The molecule has 0 saturated heterocycles. The van der Waals surface area contributed by atoms with Gasteiger partial charge in [0.25, 0.3) is 0 Å². The number of amides is 1. The van der Waals surface area contributed by atoms with Gasteiger partial charge in [-0.1, -0.05) is 36.9 Å². The van der Waals surface area contributed by atoms with Gasteiger partial charge in [-0.05, 0) is 62.3 Å². The third-order valence-corrected chi connectivity index (χ3v) is 6.57. The molecule has 8 heteroatoms. The highest BCUT2D eigenvalue weighted by Crippen LogP contribution is 2.43. The van der Waals surface area contributed by atoms with E-state index in [-0.39, 0.29) is 12.0 Å². The van der Waals surface area contributed by atoms with Crippen LogP contribution in [0.4, 0.5) is 5.69 Å². The van der Waals surface area contributed by atoms with Crippen LogP contribution >= 0.6 is 11.8 Å². The Bertz CT molecular complexity index is 1150. The number of carbonyl (C=O) groups is 1. The molecule has 2 aromatic carbocycles. The molecule has 170 valence electrons. The van der Waals surface area contributed by atoms with Gasteiger partial charge in [0.15, 0.2) is 5.69 Å². The monoisotopic (exact) mass is 462 g/mol. The minimum atomic E-state index is -0.688. The maximum absolute atomic E-state index is 13.2. The number of ether oxygens (including phenoxy) is 2. The van der Waals surface area contributed by atoms with E-state index in [0.29, 0.717) is 23.2 Å². The minimum absolute atomic E-state index is 0.0513. The largest absolute Gasteiger partial charge is 0.490 e. The number of nitrogens with zero attached hydrogens (tertiary/aromatic N) is 4. The van der Waals surface area contributed by atoms with Gasteiger partial charge in [-0.15, -0.1) is 10.2 Å². The molecule has 3 aromatic rings. The van der Waals surface area contributed by atoms with Crippen molar-refractivity contribution in [2.75, 3.05) is 11.2 Å². The van der Waals surface area contributed by atoms with E-state index >= 15 is 0 Å². The van der Waals surface area contributed by atoms with E-state index in [9.17, 15) is 4.79 Å². The number of rotatable bonds is 5. The number of hydrogen-bond donors (Lipinski definition) is 0. The first kappa shape index (κ1) is 21.7. The maximum Gasteiger partial charge on any atom is 0.247 e. The van der Waals surface area contributed by atoms with Gasteiger partial charge in [-0.25, -0.2) is 0 Å². The van der Waals surface area contributed by atoms with Crippen LogP contribution in [0.3, 0.4) is 0 Å². The topological polar surface area (TPSA) is 77.4 Å². The van der Waals surface area contributed by atoms with Crippen molar-refractivity contribution in [3.63, 3.8) is 0 Å². The Morgan fingerprint density at radius 3 is 2.61 bits per heavy atom. The Labute approximate surface area is 197 Å². The highest BCUT2D eigenvalue weighted by Gasteiger charge is 2.35. The van der Waals surface area contributed by atoms with Crippen molar-refractivity contribution in [1.29, 1.82) is 0 Å². The van der Waals surface area contributed by atoms with Crippen LogP contribution < -0.4 is 14.4 Å². The van der Waals surface area contributed by atoms with E-state index in [2.05, 4.69) is 15.2 Å². The van der Waals surface area contributed by atoms with Crippen LogP contribution in [-0.2, 0) is 4.79 Å². The number of para-hydroxylation sites is 1. The number of carbonyl (C=O) groups excluding carboxylic acids is 1. The summed E-state index contributed by atoms with van der Waals surface area (Å²) in [4.78, 5) is 19.5. The molecule has 33 heavy (non-hydrogen) atoms. The second-order valence-electron chi connectivity index (χ2n) is 8.15. The van der Waals surface area contributed by atoms with Gasteiger partial charge in [0.1, 0.15) is 5.75 Å². The van der Waals surface area contributed by atoms with Gasteiger partial charge in [0, 0.05) is 17.5 Å². The lowest BCUT2D eigenvalue weighted by molar-refractivity contribution is -0.120. The summed E-state index contributed by atoms with van der Waals surface area (Å²) >= 11 is 1.39. The normalized spacial score (nSPS) is 17.6. The molecule has 7 nitrogen and oxygen atoms in total. The Balaban J connectivity index is 1.58. The van der Waals surface area contributed by atoms with Crippen LogP contribution in [0.2, 0.25) is 0 Å². The van der Waals surface area contributed by atoms with Crippen molar-refractivity contribution in [2.24, 2.45) is 0 Å². The number of aromatic nitrogens is 3. The van der Waals surface area contributed by atoms with E-state index in [1.54, 1.807) is 4.90 Å². The summed E-state index contributed by atoms with van der Waals surface area (Å²) in [7, 11) is 0. The number of thioether (sulfide) groups is 1. The van der Waals surface area contributed by atoms with Gasteiger partial charge in [-0.3, -0.25) is 9.69 Å². The fourth-order valence-electron chi connectivity index (χ4n) is 4.37. The maximum atomic E-state index is 13.2. The van der Waals surface area contributed by atoms with Crippen LogP contribution in [-0.4, -0.2) is 33.4 Å². The number of fused-ring (bicyclic) bond motifs is 3. The van der Waals surface area contributed by atoms with Crippen molar-refractivity contribution in [3.05, 3.63) is 54.1 Å². The molecular weight excluding hydrogens is 436 g/mol. The molecule has 1 unspecified atom stereocenters. The average molecular weight is 463 g/mol. The van der Waals surface area contributed by atoms with E-state index < -0.39 is 6.23 Å². The third-order valence-electron chi connectivity index (χ3n) is 6.04. The molecule has 1 fully saturated rings. The molecular formula is C25H26N4O3S. The molecule has 0 bridgehead atoms. The van der Waals surface area contributed by atoms with E-state index in [4.69, 9.17) is 9.47 Å². The van der Waals surface area contributed by atoms with Crippen molar-refractivity contribution < 1.29 is 14.3 Å². The zero-order valence-electron chi connectivity index (χ0n) is 18.7. The van der Waals surface area contributed by atoms with Crippen LogP contribution in [0, 0.1) is 0 Å². The standard InChI is InChI=1S/C25H26N4O3S/c1-3-21(30)29-20-11-7-6-10-19(20)22-23(26-25(33-2)28-27-22)32-24(29)16-12-14-18(15-13-16)31-17-8-4-5-9-17/h6-7,10-15,17,24H,3-5,8-9H2,1-2H3. The molecule has 2 aliphatic rings. The Morgan fingerprint density at radius 2 is 1.88 bits per heavy atom. The second kappa shape index (κ2) is 9.39. The van der Waals surface area contributed by atoms with Gasteiger partial charge in [0.2, 0.25) is 23.2 Å². The molecule has 1 saturated carbocycles. The molecule has 1 aliphatic carbocycles. The zero-order chi connectivity index (χ0) is 22.8. The van der Waals surface area contributed by atoms with E-state index in [0.717, 1.165) is 35.4 Å². The van der Waals surface area contributed by atoms with Gasteiger partial charge < -0.3 is 9.47 Å². The SMILES string of the molecule is CCC(=O)N1c2ccccc2-c2nnc(SC)nc2OC1c1ccc(OC2CCCC2)cc1. The fraction of sp³-hybridized carbons (Fsp3) is 0.360. The minimum Gasteiger partial charge on any atom is -0.490 e. The Hall–Kier alpha value is -3.13. The van der Waals surface area contributed by atoms with Gasteiger partial charge in [-0.2, -0.15) is 4.98 Å². The lowest BCUT2D eigenvalue weighted by Gasteiger charge is -2.30. The molecule has 1 aliphatic heterocycles. The predicted molar refractivity (Wildman–Crippen MR) is 128 cm³/mol. The summed E-state index contributed by atoms with van der Waals surface area (Å²) in [5, 5.41) is 9.11. The third kappa shape index (κ3) is 4.27. The number of hydrogen-bond acceptors (Lipinski definition) is 7. The van der Waals surface area contributed by atoms with E-state index in [1.165, 1.54) is 24.6 Å². The Kier molecular flexibility index (Phi) is 6.17. The van der Waals surface area contributed by atoms with Crippen LogP contribution in [0.25, 0.3) is 11.3 Å².